The fourth-order valence-electron chi connectivity index (χ4n) is 8.98. The first-order valence-corrected chi connectivity index (χ1v) is 26.3. The molecule has 0 heterocycles. The lowest BCUT2D eigenvalue weighted by molar-refractivity contribution is 0.0909. The molecule has 9 heteroatoms. The summed E-state index contributed by atoms with van der Waals surface area (Å²) in [6.07, 6.45) is 14.5. The zero-order chi connectivity index (χ0) is 40.4. The maximum Gasteiger partial charge on any atom is 0.200 e. The smallest absolute Gasteiger partial charge is 0.200 e. The summed E-state index contributed by atoms with van der Waals surface area (Å²) in [5.74, 6) is 1.38. The predicted octanol–water partition coefficient (Wildman–Crippen LogP) is 13.4. The van der Waals surface area contributed by atoms with E-state index in [9.17, 15) is 4.79 Å². The van der Waals surface area contributed by atoms with Gasteiger partial charge >= 0.3 is 0 Å². The first-order chi connectivity index (χ1) is 25.8. The molecule has 0 amide bonds. The van der Waals surface area contributed by atoms with Gasteiger partial charge < -0.3 is 27.8 Å². The number of carbonyl (C=O) groups is 1. The minimum absolute atomic E-state index is 0.576. The topological polar surface area (TPSA) is 72.5 Å². The van der Waals surface area contributed by atoms with Gasteiger partial charge in [-0.3, -0.25) is 4.79 Å². The van der Waals surface area contributed by atoms with Crippen LogP contribution in [0.4, 0.5) is 0 Å². The monoisotopic (exact) mass is 795 g/mol. The Hall–Kier alpha value is -1.24. The standard InChI is InChI=1S/C45H86O7Si2/c1-37(2)53(38(3)4,39(5)6)51-33-31-47-27-21-17-13-15-19-23-29-49-44-26-25-43(36-46)45(35-44)50-30-24-20-16-14-18-22-28-48-32-34-52-54(40(7)8,41(9)10)42(11)12/h25-26,35-42H,13-24,27-34H2,1-12H3. The molecule has 1 rings (SSSR count). The van der Waals surface area contributed by atoms with Gasteiger partial charge in [0.1, 0.15) is 11.5 Å². The van der Waals surface area contributed by atoms with Crippen molar-refractivity contribution in [1.82, 2.24) is 0 Å². The van der Waals surface area contributed by atoms with Crippen LogP contribution in [-0.4, -0.2) is 75.8 Å². The number of ether oxygens (including phenoxy) is 4. The molecule has 1 aromatic carbocycles. The van der Waals surface area contributed by atoms with Crippen LogP contribution in [0.2, 0.25) is 33.2 Å². The first kappa shape index (κ1) is 50.8. The second-order valence-corrected chi connectivity index (χ2v) is 28.2. The van der Waals surface area contributed by atoms with Crippen LogP contribution in [0.3, 0.4) is 0 Å². The molecule has 0 saturated heterocycles. The van der Waals surface area contributed by atoms with Crippen LogP contribution >= 0.6 is 0 Å². The average molecular weight is 795 g/mol. The minimum atomic E-state index is -1.80. The molecule has 1 aromatic rings. The van der Waals surface area contributed by atoms with E-state index in [1.54, 1.807) is 6.07 Å². The van der Waals surface area contributed by atoms with E-state index >= 15 is 0 Å². The molecule has 0 radical (unpaired) electrons. The van der Waals surface area contributed by atoms with Crippen molar-refractivity contribution in [2.45, 2.75) is 193 Å². The van der Waals surface area contributed by atoms with Crippen molar-refractivity contribution >= 4 is 22.9 Å². The number of carbonyl (C=O) groups excluding carboxylic acids is 1. The van der Waals surface area contributed by atoms with Gasteiger partial charge in [-0.2, -0.15) is 0 Å². The zero-order valence-electron chi connectivity index (χ0n) is 37.3. The van der Waals surface area contributed by atoms with Crippen LogP contribution in [0.1, 0.15) is 170 Å². The number of hydrogen-bond acceptors (Lipinski definition) is 7. The molecule has 0 aromatic heterocycles. The van der Waals surface area contributed by atoms with Crippen LogP contribution in [0.25, 0.3) is 0 Å². The highest BCUT2D eigenvalue weighted by Gasteiger charge is 2.45. The van der Waals surface area contributed by atoms with E-state index in [4.69, 9.17) is 27.8 Å². The molecule has 0 unspecified atom stereocenters. The molecular weight excluding hydrogens is 709 g/mol. The zero-order valence-corrected chi connectivity index (χ0v) is 39.3. The lowest BCUT2D eigenvalue weighted by atomic mass is 10.1. The van der Waals surface area contributed by atoms with E-state index in [2.05, 4.69) is 83.1 Å². The van der Waals surface area contributed by atoms with Gasteiger partial charge in [-0.25, -0.2) is 0 Å². The third-order valence-corrected chi connectivity index (χ3v) is 23.8. The summed E-state index contributed by atoms with van der Waals surface area (Å²) < 4.78 is 37.0. The lowest BCUT2D eigenvalue weighted by Gasteiger charge is -2.42. The molecule has 0 aliphatic carbocycles. The van der Waals surface area contributed by atoms with Crippen molar-refractivity contribution in [2.24, 2.45) is 0 Å². The number of aldehydes is 1. The van der Waals surface area contributed by atoms with E-state index in [0.29, 0.717) is 77.6 Å². The van der Waals surface area contributed by atoms with E-state index < -0.39 is 16.6 Å². The van der Waals surface area contributed by atoms with Crippen LogP contribution in [0.15, 0.2) is 18.2 Å². The van der Waals surface area contributed by atoms with Gasteiger partial charge in [0.15, 0.2) is 22.9 Å². The number of rotatable bonds is 35. The number of hydrogen-bond donors (Lipinski definition) is 0. The van der Waals surface area contributed by atoms with Crippen molar-refractivity contribution in [3.05, 3.63) is 23.8 Å². The first-order valence-electron chi connectivity index (χ1n) is 22.0. The second kappa shape index (κ2) is 29.0. The Balaban J connectivity index is 2.12. The molecular formula is C45H86O7Si2. The van der Waals surface area contributed by atoms with Crippen LogP contribution in [0, 0.1) is 0 Å². The Labute approximate surface area is 336 Å². The van der Waals surface area contributed by atoms with Crippen LogP contribution in [0.5, 0.6) is 11.5 Å². The van der Waals surface area contributed by atoms with Crippen LogP contribution < -0.4 is 9.47 Å². The maximum atomic E-state index is 11.6. The molecule has 0 fully saturated rings. The van der Waals surface area contributed by atoms with Crippen molar-refractivity contribution < 1.29 is 32.6 Å². The predicted molar refractivity (Wildman–Crippen MR) is 234 cm³/mol. The van der Waals surface area contributed by atoms with E-state index in [1.165, 1.54) is 38.5 Å². The molecule has 0 saturated carbocycles. The quantitative estimate of drug-likeness (QED) is 0.0385. The van der Waals surface area contributed by atoms with Gasteiger partial charge in [-0.05, 0) is 71.1 Å². The minimum Gasteiger partial charge on any atom is -0.493 e. The lowest BCUT2D eigenvalue weighted by Crippen LogP contribution is -2.48. The van der Waals surface area contributed by atoms with Crippen LogP contribution in [-0.2, 0) is 18.3 Å². The molecule has 54 heavy (non-hydrogen) atoms. The fraction of sp³-hybridized carbons (Fsp3) is 0.844. The normalized spacial score (nSPS) is 12.7. The Kier molecular flexibility index (Phi) is 27.3. The molecule has 0 N–H and O–H groups in total. The highest BCUT2D eigenvalue weighted by molar-refractivity contribution is 6.78. The maximum absolute atomic E-state index is 11.6. The third kappa shape index (κ3) is 17.9. The van der Waals surface area contributed by atoms with Gasteiger partial charge in [0.05, 0.1) is 45.2 Å². The molecule has 0 atom stereocenters. The highest BCUT2D eigenvalue weighted by atomic mass is 28.4. The second-order valence-electron chi connectivity index (χ2n) is 17.3. The fourth-order valence-corrected chi connectivity index (χ4v) is 19.9. The van der Waals surface area contributed by atoms with E-state index in [0.717, 1.165) is 70.4 Å². The van der Waals surface area contributed by atoms with Crippen molar-refractivity contribution in [3.8, 4) is 11.5 Å². The number of benzene rings is 1. The summed E-state index contributed by atoms with van der Waals surface area (Å²) >= 11 is 0. The van der Waals surface area contributed by atoms with Crippen molar-refractivity contribution in [2.75, 3.05) is 52.9 Å². The molecule has 0 aliphatic rings. The van der Waals surface area contributed by atoms with Gasteiger partial charge in [-0.15, -0.1) is 0 Å². The highest BCUT2D eigenvalue weighted by Crippen LogP contribution is 2.43. The largest absolute Gasteiger partial charge is 0.493 e. The Morgan fingerprint density at radius 3 is 1.17 bits per heavy atom. The number of unbranched alkanes of at least 4 members (excludes halogenated alkanes) is 10. The molecule has 7 nitrogen and oxygen atoms in total. The van der Waals surface area contributed by atoms with Gasteiger partial charge in [0, 0.05) is 19.3 Å². The summed E-state index contributed by atoms with van der Waals surface area (Å²) in [4.78, 5) is 11.6. The summed E-state index contributed by atoms with van der Waals surface area (Å²) in [5.41, 5.74) is 4.23. The van der Waals surface area contributed by atoms with Crippen molar-refractivity contribution in [1.29, 1.82) is 0 Å². The van der Waals surface area contributed by atoms with Gasteiger partial charge in [-0.1, -0.05) is 134 Å². The summed E-state index contributed by atoms with van der Waals surface area (Å²) in [7, 11) is -3.59. The SMILES string of the molecule is CC(C)[Si](OCCOCCCCCCCCOc1ccc(C=O)c(OCCCCCCCCOCCO[Si](C(C)C)(C(C)C)C(C)C)c1)(C(C)C)C(C)C. The molecule has 316 valence electrons. The van der Waals surface area contributed by atoms with Gasteiger partial charge in [0.2, 0.25) is 0 Å². The Morgan fingerprint density at radius 2 is 0.796 bits per heavy atom. The molecule has 0 aliphatic heterocycles. The van der Waals surface area contributed by atoms with Gasteiger partial charge in [0.25, 0.3) is 0 Å². The summed E-state index contributed by atoms with van der Waals surface area (Å²) in [6, 6.07) is 5.54. The average Bonchev–Trinajstić information content (AvgIpc) is 3.11. The Morgan fingerprint density at radius 1 is 0.444 bits per heavy atom. The summed E-state index contributed by atoms with van der Waals surface area (Å²) in [6.45, 7) is 33.7. The molecule has 0 bridgehead atoms. The van der Waals surface area contributed by atoms with E-state index in [1.807, 2.05) is 12.1 Å². The van der Waals surface area contributed by atoms with E-state index in [-0.39, 0.29) is 0 Å². The summed E-state index contributed by atoms with van der Waals surface area (Å²) in [5, 5.41) is 0. The molecule has 0 spiro atoms. The van der Waals surface area contributed by atoms with Crippen molar-refractivity contribution in [3.63, 3.8) is 0 Å². The Bertz CT molecular complexity index is 1030. The third-order valence-electron chi connectivity index (χ3n) is 11.6.